The molecule has 18 heavy (non-hydrogen) atoms. The molecule has 1 N–H and O–H groups in total. The predicted molar refractivity (Wildman–Crippen MR) is 66.2 cm³/mol. The number of carbonyl (C=O) groups excluding carboxylic acids is 1. The maximum atomic E-state index is 13.0. The normalized spacial score (nSPS) is 10.2. The third kappa shape index (κ3) is 2.89. The van der Waals surface area contributed by atoms with Crippen LogP contribution in [0.5, 0.6) is 0 Å². The van der Waals surface area contributed by atoms with E-state index in [9.17, 15) is 13.6 Å². The van der Waals surface area contributed by atoms with E-state index in [2.05, 4.69) is 26.2 Å². The van der Waals surface area contributed by atoms with E-state index < -0.39 is 17.5 Å². The Labute approximate surface area is 110 Å². The molecule has 2 aromatic rings. The lowest BCUT2D eigenvalue weighted by atomic mass is 10.2. The summed E-state index contributed by atoms with van der Waals surface area (Å²) >= 11 is 3.20. The number of hydrogen-bond donors (Lipinski definition) is 1. The summed E-state index contributed by atoms with van der Waals surface area (Å²) in [5.41, 5.74) is 0.385. The number of nitrogens with zero attached hydrogens (tertiary/aromatic N) is 1. The van der Waals surface area contributed by atoms with Crippen LogP contribution in [0.15, 0.2) is 41.1 Å². The second-order valence-corrected chi connectivity index (χ2v) is 4.32. The van der Waals surface area contributed by atoms with Gasteiger partial charge in [-0.3, -0.25) is 9.78 Å². The number of halogens is 3. The van der Waals surface area contributed by atoms with Gasteiger partial charge in [-0.2, -0.15) is 0 Å². The second-order valence-electron chi connectivity index (χ2n) is 3.47. The van der Waals surface area contributed by atoms with Gasteiger partial charge < -0.3 is 5.32 Å². The third-order valence-electron chi connectivity index (χ3n) is 2.15. The van der Waals surface area contributed by atoms with Crippen LogP contribution in [0.25, 0.3) is 0 Å². The topological polar surface area (TPSA) is 42.0 Å². The fraction of sp³-hybridized carbons (Fsp3) is 0. The Hall–Kier alpha value is -1.82. The molecule has 0 atom stereocenters. The van der Waals surface area contributed by atoms with Crippen molar-refractivity contribution >= 4 is 27.5 Å². The molecule has 6 heteroatoms. The number of pyridine rings is 1. The van der Waals surface area contributed by atoms with Crippen LogP contribution in [0.4, 0.5) is 14.5 Å². The molecule has 0 bridgehead atoms. The molecule has 0 spiro atoms. The van der Waals surface area contributed by atoms with Crippen LogP contribution in [0, 0.1) is 11.6 Å². The lowest BCUT2D eigenvalue weighted by Crippen LogP contribution is -2.13. The van der Waals surface area contributed by atoms with E-state index in [4.69, 9.17) is 0 Å². The van der Waals surface area contributed by atoms with Crippen molar-refractivity contribution in [2.75, 3.05) is 5.32 Å². The SMILES string of the molecule is O=C(Nc1ccncc1Br)c1cc(F)cc(F)c1. The molecule has 1 aromatic carbocycles. The van der Waals surface area contributed by atoms with Gasteiger partial charge in [0.15, 0.2) is 0 Å². The van der Waals surface area contributed by atoms with Gasteiger partial charge >= 0.3 is 0 Å². The van der Waals surface area contributed by atoms with E-state index >= 15 is 0 Å². The van der Waals surface area contributed by atoms with Gasteiger partial charge in [0, 0.05) is 24.0 Å². The van der Waals surface area contributed by atoms with Crippen LogP contribution < -0.4 is 5.32 Å². The molecule has 0 aliphatic carbocycles. The highest BCUT2D eigenvalue weighted by Crippen LogP contribution is 2.21. The molecule has 92 valence electrons. The third-order valence-corrected chi connectivity index (χ3v) is 2.78. The highest BCUT2D eigenvalue weighted by atomic mass is 79.9. The number of aromatic nitrogens is 1. The smallest absolute Gasteiger partial charge is 0.255 e. The Morgan fingerprint density at radius 3 is 2.50 bits per heavy atom. The summed E-state index contributed by atoms with van der Waals surface area (Å²) in [4.78, 5) is 15.6. The lowest BCUT2D eigenvalue weighted by molar-refractivity contribution is 0.102. The quantitative estimate of drug-likeness (QED) is 0.923. The van der Waals surface area contributed by atoms with Crippen molar-refractivity contribution < 1.29 is 13.6 Å². The Kier molecular flexibility index (Phi) is 3.66. The molecule has 3 nitrogen and oxygen atoms in total. The zero-order valence-corrected chi connectivity index (χ0v) is 10.5. The number of hydrogen-bond acceptors (Lipinski definition) is 2. The first-order chi connectivity index (χ1) is 8.56. The molecule has 0 aliphatic rings. The number of nitrogens with one attached hydrogen (secondary N) is 1. The number of rotatable bonds is 2. The summed E-state index contributed by atoms with van der Waals surface area (Å²) in [6, 6.07) is 4.21. The van der Waals surface area contributed by atoms with Crippen LogP contribution in [0.3, 0.4) is 0 Å². The molecule has 2 rings (SSSR count). The van der Waals surface area contributed by atoms with Gasteiger partial charge in [0.05, 0.1) is 10.2 Å². The van der Waals surface area contributed by atoms with Gasteiger partial charge in [0.25, 0.3) is 5.91 Å². The maximum Gasteiger partial charge on any atom is 0.255 e. The van der Waals surface area contributed by atoms with E-state index in [0.29, 0.717) is 16.2 Å². The minimum atomic E-state index is -0.797. The zero-order chi connectivity index (χ0) is 13.1. The average molecular weight is 313 g/mol. The molecule has 0 saturated carbocycles. The molecular formula is C12H7BrF2N2O. The average Bonchev–Trinajstić information content (AvgIpc) is 2.31. The summed E-state index contributed by atoms with van der Waals surface area (Å²) in [5, 5.41) is 2.52. The summed E-state index contributed by atoms with van der Waals surface area (Å²) in [6.07, 6.45) is 2.99. The molecule has 0 radical (unpaired) electrons. The first kappa shape index (κ1) is 12.6. The summed E-state index contributed by atoms with van der Waals surface area (Å²) in [5.74, 6) is -2.19. The Balaban J connectivity index is 2.25. The summed E-state index contributed by atoms with van der Waals surface area (Å²) in [7, 11) is 0. The highest BCUT2D eigenvalue weighted by Gasteiger charge is 2.10. The van der Waals surface area contributed by atoms with E-state index in [-0.39, 0.29) is 5.56 Å². The minimum absolute atomic E-state index is 0.0868. The Morgan fingerprint density at radius 1 is 1.22 bits per heavy atom. The summed E-state index contributed by atoms with van der Waals surface area (Å²) in [6.45, 7) is 0. The fourth-order valence-corrected chi connectivity index (χ4v) is 1.71. The van der Waals surface area contributed by atoms with Crippen LogP contribution in [-0.2, 0) is 0 Å². The number of benzene rings is 1. The number of anilines is 1. The largest absolute Gasteiger partial charge is 0.321 e. The minimum Gasteiger partial charge on any atom is -0.321 e. The Bertz CT molecular complexity index is 584. The van der Waals surface area contributed by atoms with Gasteiger partial charge in [0.2, 0.25) is 0 Å². The predicted octanol–water partition coefficient (Wildman–Crippen LogP) is 3.37. The molecule has 0 aliphatic heterocycles. The van der Waals surface area contributed by atoms with E-state index in [1.165, 1.54) is 12.4 Å². The van der Waals surface area contributed by atoms with Crippen molar-refractivity contribution in [1.82, 2.24) is 4.98 Å². The molecule has 0 unspecified atom stereocenters. The maximum absolute atomic E-state index is 13.0. The fourth-order valence-electron chi connectivity index (χ4n) is 1.36. The van der Waals surface area contributed by atoms with Crippen molar-refractivity contribution in [3.63, 3.8) is 0 Å². The second kappa shape index (κ2) is 5.22. The number of amides is 1. The Morgan fingerprint density at radius 2 is 1.89 bits per heavy atom. The zero-order valence-electron chi connectivity index (χ0n) is 8.95. The van der Waals surface area contributed by atoms with Gasteiger partial charge in [-0.25, -0.2) is 8.78 Å². The molecule has 1 heterocycles. The molecule has 0 fully saturated rings. The van der Waals surface area contributed by atoms with Crippen LogP contribution >= 0.6 is 15.9 Å². The van der Waals surface area contributed by atoms with Crippen LogP contribution in [-0.4, -0.2) is 10.9 Å². The van der Waals surface area contributed by atoms with Crippen LogP contribution in [0.1, 0.15) is 10.4 Å². The van der Waals surface area contributed by atoms with E-state index in [1.807, 2.05) is 0 Å². The van der Waals surface area contributed by atoms with Crippen molar-refractivity contribution in [2.45, 2.75) is 0 Å². The number of carbonyl (C=O) groups is 1. The highest BCUT2D eigenvalue weighted by molar-refractivity contribution is 9.10. The van der Waals surface area contributed by atoms with Crippen LogP contribution in [0.2, 0.25) is 0 Å². The first-order valence-corrected chi connectivity index (χ1v) is 5.72. The van der Waals surface area contributed by atoms with E-state index in [0.717, 1.165) is 12.1 Å². The standard InChI is InChI=1S/C12H7BrF2N2O/c13-10-6-16-2-1-11(10)17-12(18)7-3-8(14)5-9(15)4-7/h1-6H,(H,16,17,18). The molecule has 1 amide bonds. The van der Waals surface area contributed by atoms with Gasteiger partial charge in [0.1, 0.15) is 11.6 Å². The van der Waals surface area contributed by atoms with Crippen molar-refractivity contribution in [1.29, 1.82) is 0 Å². The van der Waals surface area contributed by atoms with Gasteiger partial charge in [-0.05, 0) is 34.1 Å². The summed E-state index contributed by atoms with van der Waals surface area (Å²) < 4.78 is 26.5. The van der Waals surface area contributed by atoms with Crippen molar-refractivity contribution in [2.24, 2.45) is 0 Å². The molecule has 0 saturated heterocycles. The lowest BCUT2D eigenvalue weighted by Gasteiger charge is -2.06. The molecule has 1 aromatic heterocycles. The van der Waals surface area contributed by atoms with Gasteiger partial charge in [-0.1, -0.05) is 0 Å². The van der Waals surface area contributed by atoms with E-state index in [1.54, 1.807) is 6.07 Å². The van der Waals surface area contributed by atoms with Gasteiger partial charge in [-0.15, -0.1) is 0 Å². The monoisotopic (exact) mass is 312 g/mol. The van der Waals surface area contributed by atoms with Crippen molar-refractivity contribution in [3.8, 4) is 0 Å². The first-order valence-electron chi connectivity index (χ1n) is 4.93. The van der Waals surface area contributed by atoms with Crippen molar-refractivity contribution in [3.05, 3.63) is 58.3 Å². The molecular weight excluding hydrogens is 306 g/mol.